The van der Waals surface area contributed by atoms with Gasteiger partial charge in [-0.15, -0.1) is 0 Å². The van der Waals surface area contributed by atoms with Crippen molar-refractivity contribution < 1.29 is 14.8 Å². The van der Waals surface area contributed by atoms with Crippen LogP contribution in [-0.4, -0.2) is 40.3 Å². The molecule has 2 unspecified atom stereocenters. The Kier molecular flexibility index (Phi) is 4.42. The molecule has 112 valence electrons. The Morgan fingerprint density at radius 1 is 1.29 bits per heavy atom. The van der Waals surface area contributed by atoms with Gasteiger partial charge in [0.25, 0.3) is 0 Å². The zero-order valence-electron chi connectivity index (χ0n) is 11.5. The van der Waals surface area contributed by atoms with E-state index in [1.165, 1.54) is 4.90 Å². The van der Waals surface area contributed by atoms with Crippen LogP contribution in [-0.2, 0) is 9.59 Å². The van der Waals surface area contributed by atoms with E-state index in [9.17, 15) is 9.59 Å². The van der Waals surface area contributed by atoms with E-state index in [0.29, 0.717) is 24.9 Å². The number of nitrogens with zero attached hydrogens (tertiary/aromatic N) is 2. The van der Waals surface area contributed by atoms with Crippen molar-refractivity contribution in [2.75, 3.05) is 6.54 Å². The van der Waals surface area contributed by atoms with Gasteiger partial charge in [-0.2, -0.15) is 0 Å². The third-order valence-electron chi connectivity index (χ3n) is 3.66. The van der Waals surface area contributed by atoms with E-state index in [0.717, 1.165) is 0 Å². The van der Waals surface area contributed by atoms with Crippen LogP contribution in [0.25, 0.3) is 0 Å². The zero-order valence-corrected chi connectivity index (χ0v) is 11.5. The highest BCUT2D eigenvalue weighted by atomic mass is 16.4. The maximum Gasteiger partial charge on any atom is 0.240 e. The first kappa shape index (κ1) is 14.8. The lowest BCUT2D eigenvalue weighted by atomic mass is 9.96. The molecule has 1 saturated heterocycles. The molecule has 1 aliphatic rings. The lowest BCUT2D eigenvalue weighted by molar-refractivity contribution is -0.137. The van der Waals surface area contributed by atoms with Gasteiger partial charge in [0, 0.05) is 6.54 Å². The number of hydrogen-bond acceptors (Lipinski definition) is 4. The van der Waals surface area contributed by atoms with Gasteiger partial charge in [0.05, 0.1) is 0 Å². The SMILES string of the molecule is NC(=O)C1CCCN1C(=O)C(C(N)=NO)c1ccccc1. The fourth-order valence-corrected chi connectivity index (χ4v) is 2.64. The van der Waals surface area contributed by atoms with Gasteiger partial charge in [-0.1, -0.05) is 35.5 Å². The molecule has 0 spiro atoms. The normalized spacial score (nSPS) is 20.3. The van der Waals surface area contributed by atoms with Crippen LogP contribution in [0.5, 0.6) is 0 Å². The van der Waals surface area contributed by atoms with Crippen molar-refractivity contribution in [3.05, 3.63) is 35.9 Å². The molecular weight excluding hydrogens is 272 g/mol. The average molecular weight is 290 g/mol. The minimum Gasteiger partial charge on any atom is -0.409 e. The van der Waals surface area contributed by atoms with Crippen molar-refractivity contribution in [2.45, 2.75) is 24.8 Å². The van der Waals surface area contributed by atoms with Crippen molar-refractivity contribution in [1.29, 1.82) is 0 Å². The summed E-state index contributed by atoms with van der Waals surface area (Å²) < 4.78 is 0. The van der Waals surface area contributed by atoms with Gasteiger partial charge >= 0.3 is 0 Å². The lowest BCUT2D eigenvalue weighted by Gasteiger charge is -2.26. The maximum absolute atomic E-state index is 12.7. The quantitative estimate of drug-likeness (QED) is 0.312. The molecule has 0 aliphatic carbocycles. The smallest absolute Gasteiger partial charge is 0.240 e. The van der Waals surface area contributed by atoms with Crippen molar-refractivity contribution in [1.82, 2.24) is 4.90 Å². The van der Waals surface area contributed by atoms with Gasteiger partial charge in [0.15, 0.2) is 5.84 Å². The minimum atomic E-state index is -0.920. The number of nitrogens with two attached hydrogens (primary N) is 2. The second-order valence-corrected chi connectivity index (χ2v) is 4.96. The molecule has 2 amide bonds. The Morgan fingerprint density at radius 3 is 2.52 bits per heavy atom. The molecule has 1 fully saturated rings. The Bertz CT molecular complexity index is 559. The Balaban J connectivity index is 2.34. The third kappa shape index (κ3) is 2.96. The molecule has 7 heteroatoms. The minimum absolute atomic E-state index is 0.207. The molecule has 2 rings (SSSR count). The number of carbonyl (C=O) groups excluding carboxylic acids is 2. The summed E-state index contributed by atoms with van der Waals surface area (Å²) in [5, 5.41) is 11.9. The second kappa shape index (κ2) is 6.25. The van der Waals surface area contributed by atoms with Crippen LogP contribution in [0.15, 0.2) is 35.5 Å². The number of amidine groups is 1. The van der Waals surface area contributed by atoms with E-state index in [-0.39, 0.29) is 11.7 Å². The van der Waals surface area contributed by atoms with Crippen LogP contribution < -0.4 is 11.5 Å². The van der Waals surface area contributed by atoms with Gasteiger partial charge in [-0.25, -0.2) is 0 Å². The summed E-state index contributed by atoms with van der Waals surface area (Å²) >= 11 is 0. The van der Waals surface area contributed by atoms with E-state index < -0.39 is 17.9 Å². The molecule has 1 aliphatic heterocycles. The Labute approximate surface area is 122 Å². The first-order valence-corrected chi connectivity index (χ1v) is 6.68. The van der Waals surface area contributed by atoms with Gasteiger partial charge in [0.1, 0.15) is 12.0 Å². The highest BCUT2D eigenvalue weighted by molar-refractivity contribution is 6.08. The maximum atomic E-state index is 12.7. The Morgan fingerprint density at radius 2 is 1.95 bits per heavy atom. The fraction of sp³-hybridized carbons (Fsp3) is 0.357. The first-order chi connectivity index (χ1) is 10.1. The van der Waals surface area contributed by atoms with Crippen molar-refractivity contribution in [3.8, 4) is 0 Å². The van der Waals surface area contributed by atoms with Gasteiger partial charge in [-0.3, -0.25) is 9.59 Å². The summed E-state index contributed by atoms with van der Waals surface area (Å²) in [5.74, 6) is -2.04. The molecule has 1 aromatic carbocycles. The number of oxime groups is 1. The number of carbonyl (C=O) groups is 2. The number of rotatable bonds is 4. The molecule has 0 bridgehead atoms. The van der Waals surface area contributed by atoms with Crippen LogP contribution in [0.2, 0.25) is 0 Å². The van der Waals surface area contributed by atoms with Crippen LogP contribution >= 0.6 is 0 Å². The van der Waals surface area contributed by atoms with E-state index in [1.54, 1.807) is 30.3 Å². The van der Waals surface area contributed by atoms with Crippen LogP contribution in [0.3, 0.4) is 0 Å². The highest BCUT2D eigenvalue weighted by Crippen LogP contribution is 2.25. The summed E-state index contributed by atoms with van der Waals surface area (Å²) in [6, 6.07) is 8.13. The topological polar surface area (TPSA) is 122 Å². The highest BCUT2D eigenvalue weighted by Gasteiger charge is 2.38. The number of amides is 2. The molecule has 1 heterocycles. The summed E-state index contributed by atoms with van der Waals surface area (Å²) in [6.07, 6.45) is 1.25. The predicted molar refractivity (Wildman–Crippen MR) is 76.5 cm³/mol. The van der Waals surface area contributed by atoms with E-state index in [2.05, 4.69) is 5.16 Å². The van der Waals surface area contributed by atoms with Gasteiger partial charge < -0.3 is 21.6 Å². The van der Waals surface area contributed by atoms with Crippen molar-refractivity contribution >= 4 is 17.6 Å². The van der Waals surface area contributed by atoms with E-state index in [4.69, 9.17) is 16.7 Å². The molecule has 2 atom stereocenters. The molecule has 7 nitrogen and oxygen atoms in total. The first-order valence-electron chi connectivity index (χ1n) is 6.68. The second-order valence-electron chi connectivity index (χ2n) is 4.96. The van der Waals surface area contributed by atoms with E-state index in [1.807, 2.05) is 0 Å². The predicted octanol–water partition coefficient (Wildman–Crippen LogP) is -0.00710. The number of primary amides is 1. The van der Waals surface area contributed by atoms with Crippen molar-refractivity contribution in [3.63, 3.8) is 0 Å². The fourth-order valence-electron chi connectivity index (χ4n) is 2.64. The van der Waals surface area contributed by atoms with Crippen LogP contribution in [0.4, 0.5) is 0 Å². The van der Waals surface area contributed by atoms with E-state index >= 15 is 0 Å². The Hall–Kier alpha value is -2.57. The largest absolute Gasteiger partial charge is 0.409 e. The molecule has 0 saturated carbocycles. The average Bonchev–Trinajstić information content (AvgIpc) is 2.98. The van der Waals surface area contributed by atoms with Crippen LogP contribution in [0, 0.1) is 0 Å². The molecule has 5 N–H and O–H groups in total. The summed E-state index contributed by atoms with van der Waals surface area (Å²) in [5.41, 5.74) is 11.6. The zero-order chi connectivity index (χ0) is 15.4. The van der Waals surface area contributed by atoms with Gasteiger partial charge in [0.2, 0.25) is 11.8 Å². The lowest BCUT2D eigenvalue weighted by Crippen LogP contribution is -2.47. The molecule has 0 aromatic heterocycles. The van der Waals surface area contributed by atoms with Gasteiger partial charge in [-0.05, 0) is 18.4 Å². The summed E-state index contributed by atoms with van der Waals surface area (Å²) in [6.45, 7) is 0.439. The van der Waals surface area contributed by atoms with Crippen molar-refractivity contribution in [2.24, 2.45) is 16.6 Å². The summed E-state index contributed by atoms with van der Waals surface area (Å²) in [4.78, 5) is 25.6. The standard InChI is InChI=1S/C14H18N4O3/c15-12(17-21)11(9-5-2-1-3-6-9)14(20)18-8-4-7-10(18)13(16)19/h1-3,5-6,10-11,21H,4,7-8H2,(H2,15,17)(H2,16,19). The number of likely N-dealkylation sites (tertiary alicyclic amines) is 1. The molecular formula is C14H18N4O3. The third-order valence-corrected chi connectivity index (χ3v) is 3.66. The monoisotopic (exact) mass is 290 g/mol. The molecule has 0 radical (unpaired) electrons. The number of benzene rings is 1. The number of hydrogen-bond donors (Lipinski definition) is 3. The van der Waals surface area contributed by atoms with Crippen LogP contribution in [0.1, 0.15) is 24.3 Å². The molecule has 1 aromatic rings. The molecule has 21 heavy (non-hydrogen) atoms. The summed E-state index contributed by atoms with van der Waals surface area (Å²) in [7, 11) is 0.